The SMILES string of the molecule is Cc1ccccc1N1CCN(c2ccccc2C)[C]1=[Ru-4]([Cl])([Cl])=[CH]c1ccccc1OC(C)C. The zero-order valence-electron chi connectivity index (χ0n) is 19.4. The van der Waals surface area contributed by atoms with Crippen LogP contribution in [0.3, 0.4) is 0 Å². The van der Waals surface area contributed by atoms with Crippen LogP contribution in [-0.2, 0) is 11.9 Å². The Hall–Kier alpha value is -2.00. The van der Waals surface area contributed by atoms with E-state index in [0.717, 1.165) is 40.1 Å². The van der Waals surface area contributed by atoms with Crippen molar-refractivity contribution in [2.75, 3.05) is 22.9 Å². The van der Waals surface area contributed by atoms with E-state index < -0.39 is 11.9 Å². The Balaban J connectivity index is 1.97. The number of rotatable bonds is 5. The van der Waals surface area contributed by atoms with Gasteiger partial charge in [0.05, 0.1) is 0 Å². The second-order valence-electron chi connectivity index (χ2n) is 8.38. The average molecular weight is 571 g/mol. The van der Waals surface area contributed by atoms with Gasteiger partial charge in [-0.1, -0.05) is 0 Å². The van der Waals surface area contributed by atoms with Gasteiger partial charge >= 0.3 is 208 Å². The van der Waals surface area contributed by atoms with Crippen molar-refractivity contribution >= 4 is 39.7 Å². The first kappa shape index (κ1) is 24.1. The van der Waals surface area contributed by atoms with Crippen LogP contribution in [0.4, 0.5) is 11.4 Å². The molecule has 0 spiro atoms. The number of benzene rings is 3. The van der Waals surface area contributed by atoms with Crippen LogP contribution in [0.15, 0.2) is 72.8 Å². The summed E-state index contributed by atoms with van der Waals surface area (Å²) in [6.07, 6.45) is 0.0658. The minimum absolute atomic E-state index is 0.0658. The molecule has 1 heterocycles. The van der Waals surface area contributed by atoms with Gasteiger partial charge in [-0.2, -0.15) is 0 Å². The Labute approximate surface area is 207 Å². The molecule has 33 heavy (non-hydrogen) atoms. The van der Waals surface area contributed by atoms with Crippen LogP contribution in [0, 0.1) is 13.8 Å². The Morgan fingerprint density at radius 3 is 1.79 bits per heavy atom. The van der Waals surface area contributed by atoms with Gasteiger partial charge in [-0.25, -0.2) is 0 Å². The Morgan fingerprint density at radius 1 is 0.788 bits per heavy atom. The summed E-state index contributed by atoms with van der Waals surface area (Å²) >= 11 is -3.53. The molecule has 4 rings (SSSR count). The monoisotopic (exact) mass is 570 g/mol. The van der Waals surface area contributed by atoms with Gasteiger partial charge in [-0.05, 0) is 0 Å². The van der Waals surface area contributed by atoms with Crippen molar-refractivity contribution in [1.82, 2.24) is 0 Å². The quantitative estimate of drug-likeness (QED) is 0.314. The first-order valence-electron chi connectivity index (χ1n) is 11.0. The maximum atomic E-state index is 7.38. The summed E-state index contributed by atoms with van der Waals surface area (Å²) in [7, 11) is 14.8. The van der Waals surface area contributed by atoms with Crippen molar-refractivity contribution in [3.63, 3.8) is 0 Å². The van der Waals surface area contributed by atoms with E-state index in [9.17, 15) is 0 Å². The van der Waals surface area contributed by atoms with Gasteiger partial charge in [0, 0.05) is 0 Å². The fraction of sp³-hybridized carbons (Fsp3) is 0.259. The Kier molecular flexibility index (Phi) is 7.38. The van der Waals surface area contributed by atoms with E-state index in [1.807, 2.05) is 38.1 Å². The fourth-order valence-corrected chi connectivity index (χ4v) is 10.1. The van der Waals surface area contributed by atoms with E-state index in [1.165, 1.54) is 11.1 Å². The van der Waals surface area contributed by atoms with Crippen LogP contribution < -0.4 is 14.5 Å². The van der Waals surface area contributed by atoms with Gasteiger partial charge in [0.25, 0.3) is 0 Å². The van der Waals surface area contributed by atoms with Crippen LogP contribution >= 0.6 is 19.4 Å². The third kappa shape index (κ3) is 5.24. The molecule has 3 aromatic rings. The Morgan fingerprint density at radius 2 is 1.27 bits per heavy atom. The van der Waals surface area contributed by atoms with E-state index >= 15 is 0 Å². The molecule has 1 aliphatic heterocycles. The van der Waals surface area contributed by atoms with Crippen molar-refractivity contribution in [1.29, 1.82) is 0 Å². The molecular formula is C27H30Cl2N2ORu-4. The standard InChI is InChI=1S/C17H18N2.C10H12O.2ClH.Ru/c1-14-7-3-5-9-16(14)18-11-12-19(13-18)17-10-6-4-8-15(17)2;1-8(2)11-10-7-5-4-6-9(10)3;;;/h3-10H,11-12H2,1-2H3;3-8H,1-2H3;2*1H;/q;;;;-2/p-2. The predicted octanol–water partition coefficient (Wildman–Crippen LogP) is 6.82. The molecule has 0 aromatic heterocycles. The number of para-hydroxylation sites is 3. The van der Waals surface area contributed by atoms with E-state index in [2.05, 4.69) is 76.8 Å². The topological polar surface area (TPSA) is 15.7 Å². The molecule has 3 nitrogen and oxygen atoms in total. The molecule has 1 saturated heterocycles. The molecule has 0 atom stereocenters. The summed E-state index contributed by atoms with van der Waals surface area (Å²) in [5.74, 6) is 0.808. The van der Waals surface area contributed by atoms with Gasteiger partial charge in [0.15, 0.2) is 0 Å². The number of anilines is 2. The number of nitrogens with zero attached hydrogens (tertiary/aromatic N) is 2. The summed E-state index contributed by atoms with van der Waals surface area (Å²) < 4.78 is 9.12. The molecule has 0 N–H and O–H groups in total. The van der Waals surface area contributed by atoms with E-state index in [1.54, 1.807) is 0 Å². The van der Waals surface area contributed by atoms with Gasteiger partial charge in [-0.15, -0.1) is 0 Å². The van der Waals surface area contributed by atoms with E-state index in [0.29, 0.717) is 0 Å². The molecule has 3 aromatic carbocycles. The van der Waals surface area contributed by atoms with Crippen LogP contribution in [0.2, 0.25) is 0 Å². The average Bonchev–Trinajstić information content (AvgIpc) is 3.21. The summed E-state index contributed by atoms with van der Waals surface area (Å²) in [4.78, 5) is 4.63. The van der Waals surface area contributed by atoms with Crippen LogP contribution in [0.1, 0.15) is 30.5 Å². The Bertz CT molecular complexity index is 1210. The van der Waals surface area contributed by atoms with E-state index in [-0.39, 0.29) is 6.10 Å². The van der Waals surface area contributed by atoms with Gasteiger partial charge in [-0.3, -0.25) is 0 Å². The summed E-state index contributed by atoms with van der Waals surface area (Å²) in [6.45, 7) is 9.97. The molecular weight excluding hydrogens is 540 g/mol. The second-order valence-corrected chi connectivity index (χ2v) is 17.6. The zero-order valence-corrected chi connectivity index (χ0v) is 22.7. The number of ether oxygens (including phenoxy) is 1. The second kappa shape index (κ2) is 10.1. The van der Waals surface area contributed by atoms with E-state index in [4.69, 9.17) is 24.1 Å². The van der Waals surface area contributed by atoms with Crippen molar-refractivity contribution in [3.05, 3.63) is 89.5 Å². The van der Waals surface area contributed by atoms with Crippen molar-refractivity contribution in [2.45, 2.75) is 33.8 Å². The first-order chi connectivity index (χ1) is 15.8. The summed E-state index contributed by atoms with van der Waals surface area (Å²) in [5.41, 5.74) is 5.64. The first-order valence-corrected chi connectivity index (χ1v) is 17.4. The molecule has 180 valence electrons. The molecule has 0 radical (unpaired) electrons. The molecule has 0 bridgehead atoms. The summed E-state index contributed by atoms with van der Waals surface area (Å²) in [6, 6.07) is 24.8. The molecule has 6 heteroatoms. The number of halogens is 2. The van der Waals surface area contributed by atoms with Crippen LogP contribution in [0.25, 0.3) is 0 Å². The van der Waals surface area contributed by atoms with Crippen molar-refractivity contribution < 1.29 is 16.6 Å². The third-order valence-electron chi connectivity index (χ3n) is 5.52. The van der Waals surface area contributed by atoms with Crippen molar-refractivity contribution in [3.8, 4) is 5.75 Å². The number of hydrogen-bond donors (Lipinski definition) is 0. The van der Waals surface area contributed by atoms with Gasteiger partial charge in [0.2, 0.25) is 0 Å². The molecule has 0 amide bonds. The molecule has 1 aliphatic rings. The zero-order chi connectivity index (χ0) is 23.6. The van der Waals surface area contributed by atoms with Crippen molar-refractivity contribution in [2.24, 2.45) is 0 Å². The molecule has 0 unspecified atom stereocenters. The minimum atomic E-state index is -3.53. The molecule has 0 aliphatic carbocycles. The number of aryl methyl sites for hydroxylation is 2. The fourth-order valence-electron chi connectivity index (χ4n) is 4.06. The normalized spacial score (nSPS) is 14.7. The molecule has 1 fully saturated rings. The van der Waals surface area contributed by atoms with Gasteiger partial charge < -0.3 is 0 Å². The summed E-state index contributed by atoms with van der Waals surface area (Å²) in [5, 5.41) is 0. The van der Waals surface area contributed by atoms with Crippen LogP contribution in [-0.4, -0.2) is 28.2 Å². The number of hydrogen-bond acceptors (Lipinski definition) is 3. The molecule has 0 saturated carbocycles. The third-order valence-corrected chi connectivity index (χ3v) is 11.0. The van der Waals surface area contributed by atoms with Crippen LogP contribution in [0.5, 0.6) is 5.75 Å². The maximum absolute atomic E-state index is 7.38. The van der Waals surface area contributed by atoms with Gasteiger partial charge in [0.1, 0.15) is 0 Å². The predicted molar refractivity (Wildman–Crippen MR) is 141 cm³/mol.